The van der Waals surface area contributed by atoms with Crippen LogP contribution in [0.25, 0.3) is 0 Å². The van der Waals surface area contributed by atoms with Gasteiger partial charge in [-0.25, -0.2) is 0 Å². The van der Waals surface area contributed by atoms with Gasteiger partial charge in [0.05, 0.1) is 4.92 Å². The Bertz CT molecular complexity index is 448. The fourth-order valence-corrected chi connectivity index (χ4v) is 1.72. The highest BCUT2D eigenvalue weighted by atomic mass is 16.6. The Morgan fingerprint density at radius 1 is 1.24 bits per heavy atom. The van der Waals surface area contributed by atoms with Crippen molar-refractivity contribution in [1.82, 2.24) is 5.32 Å². The van der Waals surface area contributed by atoms with Gasteiger partial charge in [0.2, 0.25) is 5.91 Å². The van der Waals surface area contributed by atoms with Crippen LogP contribution in [0.2, 0.25) is 0 Å². The van der Waals surface area contributed by atoms with E-state index in [1.54, 1.807) is 19.2 Å². The van der Waals surface area contributed by atoms with E-state index in [1.807, 2.05) is 0 Å². The number of benzene rings is 1. The van der Waals surface area contributed by atoms with E-state index in [0.717, 1.165) is 12.1 Å². The predicted molar refractivity (Wildman–Crippen MR) is 80.3 cm³/mol. The van der Waals surface area contributed by atoms with Crippen LogP contribution in [0.5, 0.6) is 0 Å². The largest absolute Gasteiger partial charge is 0.385 e. The lowest BCUT2D eigenvalue weighted by molar-refractivity contribution is -0.384. The third-order valence-corrected chi connectivity index (χ3v) is 2.84. The summed E-state index contributed by atoms with van der Waals surface area (Å²) >= 11 is 0. The van der Waals surface area contributed by atoms with Gasteiger partial charge in [0.1, 0.15) is 0 Å². The van der Waals surface area contributed by atoms with Crippen molar-refractivity contribution in [2.45, 2.75) is 19.3 Å². The number of ether oxygens (including phenoxy) is 1. The van der Waals surface area contributed by atoms with Gasteiger partial charge in [0, 0.05) is 51.0 Å². The van der Waals surface area contributed by atoms with Crippen molar-refractivity contribution in [3.8, 4) is 0 Å². The maximum Gasteiger partial charge on any atom is 0.269 e. The number of rotatable bonds is 10. The number of amides is 1. The highest BCUT2D eigenvalue weighted by Crippen LogP contribution is 2.15. The van der Waals surface area contributed by atoms with Gasteiger partial charge < -0.3 is 15.4 Å². The topological polar surface area (TPSA) is 93.5 Å². The fraction of sp³-hybridized carbons (Fsp3) is 0.500. The molecule has 0 saturated carbocycles. The second kappa shape index (κ2) is 9.71. The molecule has 0 unspecified atom stereocenters. The normalized spacial score (nSPS) is 10.1. The van der Waals surface area contributed by atoms with Crippen LogP contribution < -0.4 is 10.6 Å². The Balaban J connectivity index is 2.13. The maximum absolute atomic E-state index is 11.5. The minimum Gasteiger partial charge on any atom is -0.385 e. The first kappa shape index (κ1) is 16.9. The number of anilines is 1. The molecule has 21 heavy (non-hydrogen) atoms. The summed E-state index contributed by atoms with van der Waals surface area (Å²) in [5.74, 6) is 0.0246. The lowest BCUT2D eigenvalue weighted by Crippen LogP contribution is -2.25. The molecule has 0 aliphatic carbocycles. The third-order valence-electron chi connectivity index (χ3n) is 2.84. The molecule has 0 fully saturated rings. The average molecular weight is 295 g/mol. The first-order valence-electron chi connectivity index (χ1n) is 6.87. The Morgan fingerprint density at radius 3 is 2.57 bits per heavy atom. The standard InChI is InChI=1S/C14H21N3O4/c1-21-11-3-10-16-14(18)4-2-9-15-12-5-7-13(8-6-12)17(19)20/h5-8,15H,2-4,9-11H2,1H3,(H,16,18). The minimum absolute atomic E-state index is 0.0246. The second-order valence-corrected chi connectivity index (χ2v) is 4.53. The number of non-ortho nitro benzene ring substituents is 1. The van der Waals surface area contributed by atoms with E-state index in [-0.39, 0.29) is 11.6 Å². The molecule has 0 radical (unpaired) electrons. The van der Waals surface area contributed by atoms with Gasteiger partial charge in [-0.15, -0.1) is 0 Å². The minimum atomic E-state index is -0.433. The van der Waals surface area contributed by atoms with Gasteiger partial charge in [-0.2, -0.15) is 0 Å². The molecule has 2 N–H and O–H groups in total. The molecule has 1 amide bonds. The molecule has 0 saturated heterocycles. The molecule has 0 atom stereocenters. The summed E-state index contributed by atoms with van der Waals surface area (Å²) in [5.41, 5.74) is 0.872. The van der Waals surface area contributed by atoms with E-state index in [2.05, 4.69) is 10.6 Å². The van der Waals surface area contributed by atoms with Gasteiger partial charge in [0.25, 0.3) is 5.69 Å². The molecular formula is C14H21N3O4. The van der Waals surface area contributed by atoms with Gasteiger partial charge in [-0.05, 0) is 25.0 Å². The first-order chi connectivity index (χ1) is 10.1. The van der Waals surface area contributed by atoms with Crippen LogP contribution in [0.1, 0.15) is 19.3 Å². The number of methoxy groups -OCH3 is 1. The monoisotopic (exact) mass is 295 g/mol. The molecule has 0 heterocycles. The van der Waals surface area contributed by atoms with Crippen LogP contribution in [0, 0.1) is 10.1 Å². The maximum atomic E-state index is 11.5. The molecule has 0 aliphatic heterocycles. The lowest BCUT2D eigenvalue weighted by Gasteiger charge is -2.07. The van der Waals surface area contributed by atoms with E-state index < -0.39 is 4.92 Å². The Morgan fingerprint density at radius 2 is 1.95 bits per heavy atom. The Labute approximate surface area is 123 Å². The van der Waals surface area contributed by atoms with Crippen LogP contribution in [-0.2, 0) is 9.53 Å². The summed E-state index contributed by atoms with van der Waals surface area (Å²) in [7, 11) is 1.63. The van der Waals surface area contributed by atoms with Gasteiger partial charge in [-0.3, -0.25) is 14.9 Å². The first-order valence-corrected chi connectivity index (χ1v) is 6.87. The zero-order valence-corrected chi connectivity index (χ0v) is 12.1. The summed E-state index contributed by atoms with van der Waals surface area (Å²) in [6.07, 6.45) is 1.96. The lowest BCUT2D eigenvalue weighted by atomic mass is 10.2. The van der Waals surface area contributed by atoms with Crippen molar-refractivity contribution >= 4 is 17.3 Å². The van der Waals surface area contributed by atoms with Crippen LogP contribution in [0.3, 0.4) is 0 Å². The van der Waals surface area contributed by atoms with Crippen molar-refractivity contribution in [2.24, 2.45) is 0 Å². The third kappa shape index (κ3) is 7.26. The van der Waals surface area contributed by atoms with Crippen LogP contribution in [0.4, 0.5) is 11.4 Å². The highest BCUT2D eigenvalue weighted by molar-refractivity contribution is 5.75. The zero-order valence-electron chi connectivity index (χ0n) is 12.1. The van der Waals surface area contributed by atoms with Gasteiger partial charge >= 0.3 is 0 Å². The van der Waals surface area contributed by atoms with Crippen molar-refractivity contribution < 1.29 is 14.5 Å². The molecule has 0 bridgehead atoms. The average Bonchev–Trinajstić information content (AvgIpc) is 2.48. The molecule has 1 aromatic carbocycles. The van der Waals surface area contributed by atoms with Gasteiger partial charge in [0.15, 0.2) is 0 Å². The van der Waals surface area contributed by atoms with Crippen molar-refractivity contribution in [3.63, 3.8) is 0 Å². The van der Waals surface area contributed by atoms with E-state index in [1.165, 1.54) is 12.1 Å². The molecule has 7 nitrogen and oxygen atoms in total. The van der Waals surface area contributed by atoms with E-state index in [0.29, 0.717) is 32.5 Å². The predicted octanol–water partition coefficient (Wildman–Crippen LogP) is 1.94. The molecule has 1 aromatic rings. The van der Waals surface area contributed by atoms with Crippen LogP contribution >= 0.6 is 0 Å². The van der Waals surface area contributed by atoms with Gasteiger partial charge in [-0.1, -0.05) is 0 Å². The quantitative estimate of drug-likeness (QED) is 0.391. The number of carbonyl (C=O) groups excluding carboxylic acids is 1. The molecule has 0 aromatic heterocycles. The number of carbonyl (C=O) groups is 1. The summed E-state index contributed by atoms with van der Waals surface area (Å²) in [6, 6.07) is 6.21. The SMILES string of the molecule is COCCCNC(=O)CCCNc1ccc([N+](=O)[O-])cc1. The van der Waals surface area contributed by atoms with Crippen LogP contribution in [-0.4, -0.2) is 37.6 Å². The number of nitrogens with one attached hydrogen (secondary N) is 2. The highest BCUT2D eigenvalue weighted by Gasteiger charge is 2.04. The molecular weight excluding hydrogens is 274 g/mol. The molecule has 7 heteroatoms. The summed E-state index contributed by atoms with van der Waals surface area (Å²) in [4.78, 5) is 21.6. The smallest absolute Gasteiger partial charge is 0.269 e. The fourth-order valence-electron chi connectivity index (χ4n) is 1.72. The number of hydrogen-bond acceptors (Lipinski definition) is 5. The van der Waals surface area contributed by atoms with E-state index >= 15 is 0 Å². The molecule has 116 valence electrons. The summed E-state index contributed by atoms with van der Waals surface area (Å²) < 4.78 is 4.89. The van der Waals surface area contributed by atoms with Crippen molar-refractivity contribution in [1.29, 1.82) is 0 Å². The van der Waals surface area contributed by atoms with Crippen molar-refractivity contribution in [2.75, 3.05) is 32.1 Å². The van der Waals surface area contributed by atoms with E-state index in [9.17, 15) is 14.9 Å². The molecule has 1 rings (SSSR count). The second-order valence-electron chi connectivity index (χ2n) is 4.53. The summed E-state index contributed by atoms with van der Waals surface area (Å²) in [6.45, 7) is 1.91. The number of nitro benzene ring substituents is 1. The molecule has 0 aliphatic rings. The Kier molecular flexibility index (Phi) is 7.81. The van der Waals surface area contributed by atoms with Crippen molar-refractivity contribution in [3.05, 3.63) is 34.4 Å². The number of nitro groups is 1. The number of hydrogen-bond donors (Lipinski definition) is 2. The van der Waals surface area contributed by atoms with Crippen LogP contribution in [0.15, 0.2) is 24.3 Å². The van der Waals surface area contributed by atoms with E-state index in [4.69, 9.17) is 4.74 Å². The zero-order chi connectivity index (χ0) is 15.5. The molecule has 0 spiro atoms. The Hall–Kier alpha value is -2.15. The number of nitrogens with zero attached hydrogens (tertiary/aromatic N) is 1. The summed E-state index contributed by atoms with van der Waals surface area (Å²) in [5, 5.41) is 16.4.